The van der Waals surface area contributed by atoms with E-state index in [0.29, 0.717) is 18.1 Å². The van der Waals surface area contributed by atoms with Crippen LogP contribution in [0.5, 0.6) is 5.75 Å². The van der Waals surface area contributed by atoms with Gasteiger partial charge in [-0.25, -0.2) is 4.98 Å². The predicted octanol–water partition coefficient (Wildman–Crippen LogP) is 2.65. The average molecular weight is 340 g/mol. The molecule has 1 saturated heterocycles. The van der Waals surface area contributed by atoms with Gasteiger partial charge in [0.25, 0.3) is 0 Å². The Bertz CT molecular complexity index is 738. The predicted molar refractivity (Wildman–Crippen MR) is 96.2 cm³/mol. The third kappa shape index (κ3) is 4.54. The standard InChI is InChI=1S/C19H24N4O2/c1-13-3-6-18(20-11-13)22-19(25)15-7-9-23(10-8-15)12-16-17(24)5-4-14(2)21-16/h3-6,11,15,24H,7-10,12H2,1-2H3,(H,20,22,25). The number of aryl methyl sites for hydroxylation is 2. The van der Waals surface area contributed by atoms with Gasteiger partial charge in [-0.05, 0) is 63.5 Å². The van der Waals surface area contributed by atoms with Crippen LogP contribution in [-0.2, 0) is 11.3 Å². The van der Waals surface area contributed by atoms with Crippen LogP contribution in [0.4, 0.5) is 5.82 Å². The minimum absolute atomic E-state index is 0.00146. The number of nitrogens with zero attached hydrogens (tertiary/aromatic N) is 3. The number of likely N-dealkylation sites (tertiary alicyclic amines) is 1. The van der Waals surface area contributed by atoms with Crippen LogP contribution in [0.15, 0.2) is 30.5 Å². The third-order valence-corrected chi connectivity index (χ3v) is 4.58. The number of hydrogen-bond acceptors (Lipinski definition) is 5. The molecule has 0 spiro atoms. The highest BCUT2D eigenvalue weighted by Gasteiger charge is 2.25. The van der Waals surface area contributed by atoms with E-state index in [1.165, 1.54) is 0 Å². The highest BCUT2D eigenvalue weighted by molar-refractivity contribution is 5.91. The van der Waals surface area contributed by atoms with Crippen molar-refractivity contribution in [2.24, 2.45) is 5.92 Å². The lowest BCUT2D eigenvalue weighted by atomic mass is 9.95. The van der Waals surface area contributed by atoms with Gasteiger partial charge < -0.3 is 10.4 Å². The summed E-state index contributed by atoms with van der Waals surface area (Å²) in [7, 11) is 0. The van der Waals surface area contributed by atoms with Gasteiger partial charge in [0, 0.05) is 24.4 Å². The number of pyridine rings is 2. The minimum Gasteiger partial charge on any atom is -0.506 e. The number of rotatable bonds is 4. The first-order valence-corrected chi connectivity index (χ1v) is 8.62. The van der Waals surface area contributed by atoms with Crippen molar-refractivity contribution in [3.05, 3.63) is 47.4 Å². The van der Waals surface area contributed by atoms with Gasteiger partial charge in [0.15, 0.2) is 0 Å². The first-order chi connectivity index (χ1) is 12.0. The number of carbonyl (C=O) groups is 1. The van der Waals surface area contributed by atoms with E-state index in [0.717, 1.165) is 37.2 Å². The van der Waals surface area contributed by atoms with E-state index in [9.17, 15) is 9.90 Å². The molecular formula is C19H24N4O2. The monoisotopic (exact) mass is 340 g/mol. The van der Waals surface area contributed by atoms with Crippen molar-refractivity contribution in [1.29, 1.82) is 0 Å². The fraction of sp³-hybridized carbons (Fsp3) is 0.421. The van der Waals surface area contributed by atoms with Crippen LogP contribution in [0.1, 0.15) is 29.8 Å². The van der Waals surface area contributed by atoms with Gasteiger partial charge in [-0.3, -0.25) is 14.7 Å². The van der Waals surface area contributed by atoms with Gasteiger partial charge in [-0.1, -0.05) is 6.07 Å². The largest absolute Gasteiger partial charge is 0.506 e. The van der Waals surface area contributed by atoms with E-state index in [2.05, 4.69) is 20.2 Å². The molecule has 1 aliphatic rings. The number of piperidine rings is 1. The van der Waals surface area contributed by atoms with Crippen LogP contribution in [0, 0.1) is 19.8 Å². The van der Waals surface area contributed by atoms with Crippen molar-refractivity contribution in [2.75, 3.05) is 18.4 Å². The van der Waals surface area contributed by atoms with E-state index >= 15 is 0 Å². The molecule has 3 heterocycles. The zero-order valence-electron chi connectivity index (χ0n) is 14.7. The normalized spacial score (nSPS) is 15.9. The highest BCUT2D eigenvalue weighted by atomic mass is 16.3. The van der Waals surface area contributed by atoms with Crippen molar-refractivity contribution in [1.82, 2.24) is 14.9 Å². The summed E-state index contributed by atoms with van der Waals surface area (Å²) in [5, 5.41) is 12.8. The molecule has 0 aromatic carbocycles. The number of amides is 1. The van der Waals surface area contributed by atoms with E-state index in [4.69, 9.17) is 0 Å². The molecule has 0 bridgehead atoms. The molecule has 25 heavy (non-hydrogen) atoms. The van der Waals surface area contributed by atoms with Crippen LogP contribution < -0.4 is 5.32 Å². The summed E-state index contributed by atoms with van der Waals surface area (Å²) >= 11 is 0. The fourth-order valence-electron chi connectivity index (χ4n) is 3.05. The minimum atomic E-state index is -0.00146. The molecule has 6 heteroatoms. The Balaban J connectivity index is 1.52. The summed E-state index contributed by atoms with van der Waals surface area (Å²) < 4.78 is 0. The number of nitrogens with one attached hydrogen (secondary N) is 1. The van der Waals surface area contributed by atoms with Crippen molar-refractivity contribution >= 4 is 11.7 Å². The lowest BCUT2D eigenvalue weighted by molar-refractivity contribution is -0.121. The first-order valence-electron chi connectivity index (χ1n) is 8.62. The molecule has 1 amide bonds. The molecule has 0 aliphatic carbocycles. The van der Waals surface area contributed by atoms with Gasteiger partial charge in [0.2, 0.25) is 5.91 Å². The number of aromatic hydroxyl groups is 1. The fourth-order valence-corrected chi connectivity index (χ4v) is 3.05. The van der Waals surface area contributed by atoms with Gasteiger partial charge in [0.1, 0.15) is 11.6 Å². The molecule has 0 atom stereocenters. The molecule has 2 aromatic heterocycles. The van der Waals surface area contributed by atoms with Crippen LogP contribution in [0.3, 0.4) is 0 Å². The van der Waals surface area contributed by atoms with Crippen LogP contribution in [-0.4, -0.2) is 39.0 Å². The molecular weight excluding hydrogens is 316 g/mol. The van der Waals surface area contributed by atoms with E-state index in [-0.39, 0.29) is 17.6 Å². The maximum Gasteiger partial charge on any atom is 0.228 e. The maximum absolute atomic E-state index is 12.4. The second-order valence-electron chi connectivity index (χ2n) is 6.68. The van der Waals surface area contributed by atoms with Gasteiger partial charge >= 0.3 is 0 Å². The Morgan fingerprint density at radius 2 is 2.00 bits per heavy atom. The van der Waals surface area contributed by atoms with Crippen LogP contribution in [0.25, 0.3) is 0 Å². The average Bonchev–Trinajstić information content (AvgIpc) is 2.61. The maximum atomic E-state index is 12.4. The lowest BCUT2D eigenvalue weighted by Gasteiger charge is -2.31. The molecule has 6 nitrogen and oxygen atoms in total. The van der Waals surface area contributed by atoms with Crippen LogP contribution >= 0.6 is 0 Å². The Morgan fingerprint density at radius 1 is 1.24 bits per heavy atom. The Hall–Kier alpha value is -2.47. The smallest absolute Gasteiger partial charge is 0.228 e. The van der Waals surface area contributed by atoms with Gasteiger partial charge in [-0.2, -0.15) is 0 Å². The summed E-state index contributed by atoms with van der Waals surface area (Å²) in [5.41, 5.74) is 2.67. The zero-order valence-corrected chi connectivity index (χ0v) is 14.7. The molecule has 1 fully saturated rings. The summed E-state index contributed by atoms with van der Waals surface area (Å²) in [4.78, 5) is 23.3. The molecule has 3 rings (SSSR count). The highest BCUT2D eigenvalue weighted by Crippen LogP contribution is 2.23. The van der Waals surface area contributed by atoms with Crippen LogP contribution in [0.2, 0.25) is 0 Å². The molecule has 2 N–H and O–H groups in total. The topological polar surface area (TPSA) is 78.4 Å². The molecule has 2 aromatic rings. The number of hydrogen-bond donors (Lipinski definition) is 2. The Kier molecular flexibility index (Phi) is 5.28. The van der Waals surface area contributed by atoms with E-state index < -0.39 is 0 Å². The van der Waals surface area contributed by atoms with Crippen molar-refractivity contribution in [3.8, 4) is 5.75 Å². The second-order valence-corrected chi connectivity index (χ2v) is 6.68. The van der Waals surface area contributed by atoms with Crippen molar-refractivity contribution in [2.45, 2.75) is 33.2 Å². The molecule has 132 valence electrons. The van der Waals surface area contributed by atoms with Gasteiger partial charge in [0.05, 0.1) is 5.69 Å². The summed E-state index contributed by atoms with van der Waals surface area (Å²) in [5.74, 6) is 0.869. The third-order valence-electron chi connectivity index (χ3n) is 4.58. The van der Waals surface area contributed by atoms with Crippen molar-refractivity contribution < 1.29 is 9.90 Å². The molecule has 0 saturated carbocycles. The Labute approximate surface area is 147 Å². The van der Waals surface area contributed by atoms with Gasteiger partial charge in [-0.15, -0.1) is 0 Å². The number of aromatic nitrogens is 2. The summed E-state index contributed by atoms with van der Waals surface area (Å²) in [6, 6.07) is 7.25. The lowest BCUT2D eigenvalue weighted by Crippen LogP contribution is -2.38. The summed E-state index contributed by atoms with van der Waals surface area (Å²) in [6.45, 7) is 6.12. The quantitative estimate of drug-likeness (QED) is 0.894. The SMILES string of the molecule is Cc1ccc(NC(=O)C2CCN(Cc3nc(C)ccc3O)CC2)nc1. The zero-order chi connectivity index (χ0) is 17.8. The second kappa shape index (κ2) is 7.61. The molecule has 1 aliphatic heterocycles. The number of anilines is 1. The molecule has 0 unspecified atom stereocenters. The van der Waals surface area contributed by atoms with E-state index in [1.807, 2.05) is 26.0 Å². The van der Waals surface area contributed by atoms with Crippen molar-refractivity contribution in [3.63, 3.8) is 0 Å². The molecule has 0 radical (unpaired) electrons. The number of carbonyl (C=O) groups excluding carboxylic acids is 1. The first kappa shape index (κ1) is 17.4. The van der Waals surface area contributed by atoms with E-state index in [1.54, 1.807) is 18.3 Å². The summed E-state index contributed by atoms with van der Waals surface area (Å²) in [6.07, 6.45) is 3.34. The Morgan fingerprint density at radius 3 is 2.68 bits per heavy atom.